The minimum absolute atomic E-state index is 0. The summed E-state index contributed by atoms with van der Waals surface area (Å²) in [5.74, 6) is 0. The molecule has 0 aliphatic carbocycles. The van der Waals surface area contributed by atoms with Gasteiger partial charge in [0.25, 0.3) is 0 Å². The summed E-state index contributed by atoms with van der Waals surface area (Å²) in [7, 11) is 0. The first kappa shape index (κ1) is 47.9. The molecule has 4 fully saturated rings. The molecule has 0 aromatic heterocycles. The third kappa shape index (κ3) is 24.3. The number of nitrogens with one attached hydrogen (secondary N) is 2. The number of hydrogen-bond acceptors (Lipinski definition) is 4. The zero-order valence-electron chi connectivity index (χ0n) is 33.4. The van der Waals surface area contributed by atoms with Gasteiger partial charge in [-0.15, -0.1) is 13.1 Å². The van der Waals surface area contributed by atoms with Gasteiger partial charge in [-0.3, -0.25) is 0 Å². The minimum atomic E-state index is 0. The molecular weight excluding hydrogens is 638 g/mol. The Hall–Kier alpha value is -2.11. The van der Waals surface area contributed by atoms with Crippen molar-refractivity contribution < 1.29 is 66.7 Å². The van der Waals surface area contributed by atoms with Crippen LogP contribution < -0.4 is 47.7 Å². The van der Waals surface area contributed by atoms with E-state index >= 15 is 0 Å². The van der Waals surface area contributed by atoms with Crippen molar-refractivity contribution >= 4 is 11.4 Å². The normalized spacial score (nSPS) is 20.5. The Balaban J connectivity index is 0.000000489. The summed E-state index contributed by atoms with van der Waals surface area (Å²) in [4.78, 5) is 6.99. The van der Waals surface area contributed by atoms with Crippen molar-refractivity contribution in [3.05, 3.63) is 105 Å². The summed E-state index contributed by atoms with van der Waals surface area (Å²) in [6.45, 7) is 19.2. The van der Waals surface area contributed by atoms with Gasteiger partial charge in [0.05, 0.1) is 0 Å². The average Bonchev–Trinajstić information content (AvgIpc) is 3.99. The predicted molar refractivity (Wildman–Crippen MR) is 205 cm³/mol. The molecule has 0 saturated carbocycles. The number of nitrogens with zero attached hydrogens (tertiary/aromatic N) is 2. The van der Waals surface area contributed by atoms with Crippen LogP contribution in [0.25, 0.3) is 10.6 Å². The summed E-state index contributed by atoms with van der Waals surface area (Å²) in [5, 5.41) is 9.47. The van der Waals surface area contributed by atoms with Crippen LogP contribution in [0.1, 0.15) is 101 Å². The van der Waals surface area contributed by atoms with Gasteiger partial charge < -0.3 is 29.6 Å². The van der Waals surface area contributed by atoms with Gasteiger partial charge in [0.1, 0.15) is 0 Å². The van der Waals surface area contributed by atoms with Gasteiger partial charge in [0.2, 0.25) is 0 Å². The number of hydrogen-bond donors (Lipinski definition) is 2. The first-order valence-electron chi connectivity index (χ1n) is 18.8. The largest absolute Gasteiger partial charge is 1.00 e. The first-order chi connectivity index (χ1) is 24.5. The van der Waals surface area contributed by atoms with Gasteiger partial charge >= 0.3 is 37.7 Å². The van der Waals surface area contributed by atoms with Crippen LogP contribution in [0.3, 0.4) is 0 Å². The summed E-state index contributed by atoms with van der Waals surface area (Å²) < 4.78 is 19.8. The summed E-state index contributed by atoms with van der Waals surface area (Å²) in [6, 6.07) is 17.2. The second kappa shape index (κ2) is 31.3. The minimum Gasteiger partial charge on any atom is -0.684 e. The Morgan fingerprint density at radius 1 is 0.442 bits per heavy atom. The Morgan fingerprint density at radius 2 is 0.731 bits per heavy atom. The smallest absolute Gasteiger partial charge is 0.684 e. The van der Waals surface area contributed by atoms with Crippen LogP contribution in [0.15, 0.2) is 72.1 Å². The molecule has 7 rings (SSSR count). The third-order valence-corrected chi connectivity index (χ3v) is 8.31. The molecule has 2 aromatic rings. The van der Waals surface area contributed by atoms with Crippen LogP contribution in [-0.4, -0.2) is 64.3 Å². The van der Waals surface area contributed by atoms with E-state index < -0.39 is 0 Å². The molecule has 5 heterocycles. The third-order valence-electron chi connectivity index (χ3n) is 8.31. The fourth-order valence-corrected chi connectivity index (χ4v) is 5.45. The van der Waals surface area contributed by atoms with Gasteiger partial charge in [-0.25, -0.2) is 9.98 Å². The first-order valence-corrected chi connectivity index (χ1v) is 18.8. The van der Waals surface area contributed by atoms with Crippen molar-refractivity contribution in [2.45, 2.75) is 105 Å². The van der Waals surface area contributed by atoms with Crippen molar-refractivity contribution in [3.8, 4) is 0 Å². The monoisotopic (exact) mass is 703 g/mol. The molecule has 2 aromatic carbocycles. The van der Waals surface area contributed by atoms with E-state index in [2.05, 4.69) is 98.4 Å². The average molecular weight is 703 g/mol. The Morgan fingerprint density at radius 3 is 1.02 bits per heavy atom. The fraction of sp³-hybridized carbons (Fsp3) is 0.571. The maximum atomic E-state index is 4.94. The topological polar surface area (TPSA) is 93.1 Å². The molecule has 4 bridgehead atoms. The van der Waals surface area contributed by atoms with Crippen molar-refractivity contribution in [1.82, 2.24) is 0 Å². The van der Waals surface area contributed by atoms with E-state index in [1.54, 1.807) is 0 Å². The molecule has 4 saturated heterocycles. The molecule has 0 spiro atoms. The summed E-state index contributed by atoms with van der Waals surface area (Å²) in [6.07, 6.45) is 14.4. The zero-order valence-corrected chi connectivity index (χ0v) is 33.4. The number of benzene rings is 2. The molecule has 0 atom stereocenters. The van der Waals surface area contributed by atoms with Gasteiger partial charge in [-0.1, -0.05) is 67.4 Å². The molecule has 8 nitrogen and oxygen atoms in total. The molecule has 52 heavy (non-hydrogen) atoms. The SMILES string of the molecule is C1CCOC1.C1CCOC1.C1CCOC1.C1CCOC1.CC1=[NH+]Cc2cccc(c2)C[NH+]=C(C)/C=C(/C)[N-]Cc2cccc(c2)C[N-]/C(C)=C\1.[Li+].[Li+]. The van der Waals surface area contributed by atoms with E-state index in [4.69, 9.17) is 29.6 Å². The van der Waals surface area contributed by atoms with Gasteiger partial charge in [0.15, 0.2) is 24.5 Å². The van der Waals surface area contributed by atoms with Crippen molar-refractivity contribution in [1.29, 1.82) is 0 Å². The molecular formula is C42H64Li2N4O4+2. The molecule has 0 unspecified atom stereocenters. The predicted octanol–water partition coefficient (Wildman–Crippen LogP) is 0.234. The molecule has 0 radical (unpaired) electrons. The van der Waals surface area contributed by atoms with E-state index in [9.17, 15) is 0 Å². The van der Waals surface area contributed by atoms with Gasteiger partial charge in [-0.05, 0) is 69.6 Å². The number of ether oxygens (including phenoxy) is 4. The summed E-state index contributed by atoms with van der Waals surface area (Å²) >= 11 is 0. The molecule has 2 N–H and O–H groups in total. The number of fused-ring (bicyclic) bond motifs is 4. The van der Waals surface area contributed by atoms with Crippen LogP contribution in [0, 0.1) is 0 Å². The van der Waals surface area contributed by atoms with Crippen LogP contribution in [0.2, 0.25) is 0 Å². The van der Waals surface area contributed by atoms with E-state index in [1.807, 2.05) is 0 Å². The van der Waals surface area contributed by atoms with Crippen LogP contribution in [0.5, 0.6) is 0 Å². The Labute approximate surface area is 339 Å². The van der Waals surface area contributed by atoms with Crippen molar-refractivity contribution in [3.63, 3.8) is 0 Å². The Kier molecular flexibility index (Phi) is 28.8. The molecule has 0 amide bonds. The van der Waals surface area contributed by atoms with E-state index in [1.165, 1.54) is 73.6 Å². The zero-order chi connectivity index (χ0) is 35.5. The van der Waals surface area contributed by atoms with Crippen LogP contribution in [0.4, 0.5) is 0 Å². The maximum absolute atomic E-state index is 4.94. The second-order valence-electron chi connectivity index (χ2n) is 13.2. The second-order valence-corrected chi connectivity index (χ2v) is 13.2. The Bertz CT molecular complexity index is 1190. The van der Waals surface area contributed by atoms with E-state index in [0.717, 1.165) is 88.8 Å². The van der Waals surface area contributed by atoms with Crippen LogP contribution in [-0.2, 0) is 45.1 Å². The molecule has 276 valence electrons. The van der Waals surface area contributed by atoms with Crippen molar-refractivity contribution in [2.75, 3.05) is 52.9 Å². The van der Waals surface area contributed by atoms with Gasteiger partial charge in [0, 0.05) is 77.8 Å². The van der Waals surface area contributed by atoms with E-state index in [0.29, 0.717) is 13.1 Å². The number of rotatable bonds is 0. The maximum Gasteiger partial charge on any atom is 1.00 e. The van der Waals surface area contributed by atoms with Crippen molar-refractivity contribution in [2.24, 2.45) is 0 Å². The quantitative estimate of drug-likeness (QED) is 0.385. The molecule has 5 aliphatic heterocycles. The van der Waals surface area contributed by atoms with Gasteiger partial charge in [-0.2, -0.15) is 11.4 Å². The van der Waals surface area contributed by atoms with Crippen LogP contribution >= 0.6 is 0 Å². The molecule has 10 heteroatoms. The number of allylic oxidation sites excluding steroid dienone is 4. The molecule has 5 aliphatic rings. The standard InChI is InChI=1S/C26H30N4.4C4H8O.2Li/c1-19-11-20(2)28-16-25-9-6-10-26(14-25)18-30-22(4)12-21(3)29-17-24-8-5-7-23(13-24)15-27-19;4*1-2-4-5-3-1;;/h5-14H,15-18H2,1-4H3;4*1-4H2;;/q-2;;;;;2*+1/p+2/b19-11-,21-12-,28-20?,30-22?;;;;;;. The summed E-state index contributed by atoms with van der Waals surface area (Å²) in [5.41, 5.74) is 9.22. The fourth-order valence-electron chi connectivity index (χ4n) is 5.45. The van der Waals surface area contributed by atoms with E-state index in [-0.39, 0.29) is 37.7 Å².